The van der Waals surface area contributed by atoms with Crippen molar-refractivity contribution < 1.29 is 18.9 Å². The quantitative estimate of drug-likeness (QED) is 0.243. The number of fused-ring (bicyclic) bond motifs is 3. The summed E-state index contributed by atoms with van der Waals surface area (Å²) in [5, 5.41) is 11.3. The zero-order chi connectivity index (χ0) is 26.3. The second-order valence-corrected chi connectivity index (χ2v) is 9.33. The van der Waals surface area contributed by atoms with Crippen LogP contribution in [-0.4, -0.2) is 38.8 Å². The van der Waals surface area contributed by atoms with Crippen LogP contribution in [0.25, 0.3) is 5.69 Å². The van der Waals surface area contributed by atoms with Gasteiger partial charge in [0.25, 0.3) is 11.6 Å². The third-order valence-corrected chi connectivity index (χ3v) is 6.70. The minimum atomic E-state index is -0.641. The van der Waals surface area contributed by atoms with Gasteiger partial charge in [-0.1, -0.05) is 23.7 Å². The molecule has 0 N–H and O–H groups in total. The number of furan rings is 1. The van der Waals surface area contributed by atoms with E-state index < -0.39 is 16.9 Å². The normalized spacial score (nSPS) is 14.3. The van der Waals surface area contributed by atoms with Crippen LogP contribution < -0.4 is 4.90 Å². The smallest absolute Gasteiger partial charge is 0.288 e. The van der Waals surface area contributed by atoms with Crippen molar-refractivity contribution in [1.82, 2.24) is 9.47 Å². The molecule has 2 aromatic carbocycles. The lowest BCUT2D eigenvalue weighted by atomic mass is 10.0. The molecule has 1 atom stereocenters. The molecule has 0 radical (unpaired) electrons. The molecule has 2 aromatic heterocycles. The molecule has 1 aliphatic rings. The Morgan fingerprint density at radius 3 is 2.51 bits per heavy atom. The highest BCUT2D eigenvalue weighted by Crippen LogP contribution is 2.42. The maximum atomic E-state index is 14.0. The van der Waals surface area contributed by atoms with E-state index in [0.29, 0.717) is 11.4 Å². The van der Waals surface area contributed by atoms with Crippen molar-refractivity contribution in [3.8, 4) is 5.69 Å². The molecule has 1 aliphatic heterocycles. The van der Waals surface area contributed by atoms with Gasteiger partial charge in [-0.05, 0) is 62.4 Å². The van der Waals surface area contributed by atoms with Crippen LogP contribution in [0.1, 0.15) is 41.7 Å². The number of carbonyl (C=O) groups excluding carboxylic acids is 2. The van der Waals surface area contributed by atoms with E-state index in [9.17, 15) is 19.7 Å². The topological polar surface area (TPSA) is 102 Å². The fourth-order valence-corrected chi connectivity index (χ4v) is 4.83. The molecule has 5 rings (SSSR count). The Labute approximate surface area is 217 Å². The molecule has 0 fully saturated rings. The number of aromatic nitrogens is 1. The van der Waals surface area contributed by atoms with Crippen LogP contribution in [0.15, 0.2) is 83.6 Å². The van der Waals surface area contributed by atoms with Gasteiger partial charge in [-0.2, -0.15) is 0 Å². The summed E-state index contributed by atoms with van der Waals surface area (Å²) in [4.78, 5) is 41.3. The third kappa shape index (κ3) is 4.27. The Hall–Kier alpha value is -4.37. The molecule has 4 aromatic rings. The van der Waals surface area contributed by atoms with E-state index in [4.69, 9.17) is 16.0 Å². The van der Waals surface area contributed by atoms with Crippen molar-refractivity contribution in [2.45, 2.75) is 25.9 Å². The highest BCUT2D eigenvalue weighted by atomic mass is 35.5. The minimum Gasteiger partial charge on any atom is -0.467 e. The minimum absolute atomic E-state index is 0.0667. The van der Waals surface area contributed by atoms with Gasteiger partial charge < -0.3 is 13.9 Å². The van der Waals surface area contributed by atoms with E-state index in [-0.39, 0.29) is 34.8 Å². The van der Waals surface area contributed by atoms with Crippen LogP contribution in [-0.2, 0) is 4.79 Å². The van der Waals surface area contributed by atoms with Gasteiger partial charge in [-0.15, -0.1) is 0 Å². The van der Waals surface area contributed by atoms with E-state index in [0.717, 1.165) is 17.4 Å². The third-order valence-electron chi connectivity index (χ3n) is 6.38. The molecule has 9 nitrogen and oxygen atoms in total. The molecule has 188 valence electrons. The highest BCUT2D eigenvalue weighted by Gasteiger charge is 2.38. The largest absolute Gasteiger partial charge is 0.467 e. The number of para-hydroxylation sites is 2. The summed E-state index contributed by atoms with van der Waals surface area (Å²) >= 11 is 5.93. The SMILES string of the molecule is CC(C)N(CC(=O)N1c2ccccc2-n2cccc2C1c1ccco1)C(=O)c1ccc(Cl)c([N+](=O)[O-])c1. The van der Waals surface area contributed by atoms with E-state index in [2.05, 4.69) is 0 Å². The summed E-state index contributed by atoms with van der Waals surface area (Å²) in [6.07, 6.45) is 3.49. The Morgan fingerprint density at radius 2 is 1.84 bits per heavy atom. The van der Waals surface area contributed by atoms with Crippen molar-refractivity contribution in [2.24, 2.45) is 0 Å². The summed E-state index contributed by atoms with van der Waals surface area (Å²) in [6, 6.07) is 17.9. The lowest BCUT2D eigenvalue weighted by molar-refractivity contribution is -0.384. The van der Waals surface area contributed by atoms with Crippen LogP contribution in [0.2, 0.25) is 5.02 Å². The lowest BCUT2D eigenvalue weighted by Crippen LogP contribution is -2.48. The van der Waals surface area contributed by atoms with E-state index in [1.54, 1.807) is 31.1 Å². The summed E-state index contributed by atoms with van der Waals surface area (Å²) in [7, 11) is 0. The fourth-order valence-electron chi connectivity index (χ4n) is 4.64. The van der Waals surface area contributed by atoms with E-state index in [1.807, 2.05) is 53.2 Å². The number of nitro groups is 1. The van der Waals surface area contributed by atoms with Crippen LogP contribution in [0.3, 0.4) is 0 Å². The van der Waals surface area contributed by atoms with Gasteiger partial charge in [0.2, 0.25) is 5.91 Å². The molecule has 0 spiro atoms. The monoisotopic (exact) mass is 518 g/mol. The summed E-state index contributed by atoms with van der Waals surface area (Å²) < 4.78 is 7.76. The first-order valence-corrected chi connectivity index (χ1v) is 12.0. The number of nitrogens with zero attached hydrogens (tertiary/aromatic N) is 4. The molecule has 0 saturated heterocycles. The molecule has 37 heavy (non-hydrogen) atoms. The lowest BCUT2D eigenvalue weighted by Gasteiger charge is -2.38. The predicted octanol–water partition coefficient (Wildman–Crippen LogP) is 5.62. The Morgan fingerprint density at radius 1 is 1.08 bits per heavy atom. The summed E-state index contributed by atoms with van der Waals surface area (Å²) in [5.41, 5.74) is 2.06. The Kier molecular flexibility index (Phi) is 6.31. The average Bonchev–Trinajstić information content (AvgIpc) is 3.58. The first-order valence-electron chi connectivity index (χ1n) is 11.6. The number of amides is 2. The molecular formula is C27H23ClN4O5. The van der Waals surface area contributed by atoms with Crippen molar-refractivity contribution in [3.63, 3.8) is 0 Å². The molecule has 0 aliphatic carbocycles. The molecule has 3 heterocycles. The first kappa shape index (κ1) is 24.3. The Bertz CT molecular complexity index is 1490. The van der Waals surface area contributed by atoms with Crippen LogP contribution in [0.5, 0.6) is 0 Å². The van der Waals surface area contributed by atoms with Crippen molar-refractivity contribution in [2.75, 3.05) is 11.4 Å². The van der Waals surface area contributed by atoms with Gasteiger partial charge in [0, 0.05) is 23.9 Å². The van der Waals surface area contributed by atoms with Gasteiger partial charge in [0.05, 0.1) is 28.3 Å². The first-order chi connectivity index (χ1) is 17.8. The van der Waals surface area contributed by atoms with Gasteiger partial charge in [0.1, 0.15) is 23.4 Å². The van der Waals surface area contributed by atoms with Gasteiger partial charge >= 0.3 is 0 Å². The second-order valence-electron chi connectivity index (χ2n) is 8.92. The molecule has 0 saturated carbocycles. The fraction of sp³-hybridized carbons (Fsp3) is 0.185. The number of hydrogen-bond donors (Lipinski definition) is 0. The number of benzene rings is 2. The molecular weight excluding hydrogens is 496 g/mol. The number of halogens is 1. The summed E-state index contributed by atoms with van der Waals surface area (Å²) in [5.74, 6) is -0.253. The zero-order valence-electron chi connectivity index (χ0n) is 20.1. The number of hydrogen-bond acceptors (Lipinski definition) is 5. The number of anilines is 1. The average molecular weight is 519 g/mol. The van der Waals surface area contributed by atoms with Crippen molar-refractivity contribution in [3.05, 3.63) is 111 Å². The maximum Gasteiger partial charge on any atom is 0.288 e. The van der Waals surface area contributed by atoms with Gasteiger partial charge in [0.15, 0.2) is 0 Å². The van der Waals surface area contributed by atoms with Crippen LogP contribution in [0, 0.1) is 10.1 Å². The maximum absolute atomic E-state index is 14.0. The van der Waals surface area contributed by atoms with Crippen molar-refractivity contribution >= 4 is 34.8 Å². The van der Waals surface area contributed by atoms with Gasteiger partial charge in [-0.3, -0.25) is 24.6 Å². The van der Waals surface area contributed by atoms with E-state index in [1.165, 1.54) is 17.0 Å². The summed E-state index contributed by atoms with van der Waals surface area (Å²) in [6.45, 7) is 3.32. The zero-order valence-corrected chi connectivity index (χ0v) is 20.8. The Balaban J connectivity index is 1.54. The van der Waals surface area contributed by atoms with Gasteiger partial charge in [-0.25, -0.2) is 0 Å². The molecule has 1 unspecified atom stereocenters. The highest BCUT2D eigenvalue weighted by molar-refractivity contribution is 6.32. The standard InChI is InChI=1S/C27H23ClN4O5/c1-17(2)30(27(34)18-11-12-19(28)23(15-18)32(35)36)16-25(33)31-21-8-4-3-7-20(21)29-13-5-9-22(29)26(31)24-10-6-14-37-24/h3-15,17,26H,16H2,1-2H3. The molecule has 10 heteroatoms. The van der Waals surface area contributed by atoms with Crippen LogP contribution >= 0.6 is 11.6 Å². The number of rotatable bonds is 6. The second kappa shape index (κ2) is 9.59. The van der Waals surface area contributed by atoms with E-state index >= 15 is 0 Å². The number of nitro benzene ring substituents is 1. The molecule has 2 amide bonds. The predicted molar refractivity (Wildman–Crippen MR) is 138 cm³/mol. The van der Waals surface area contributed by atoms with Crippen LogP contribution in [0.4, 0.5) is 11.4 Å². The molecule has 0 bridgehead atoms. The number of carbonyl (C=O) groups is 2. The van der Waals surface area contributed by atoms with Crippen molar-refractivity contribution in [1.29, 1.82) is 0 Å².